The maximum atomic E-state index is 12.7. The van der Waals surface area contributed by atoms with Gasteiger partial charge in [0.05, 0.1) is 18.0 Å². The van der Waals surface area contributed by atoms with Crippen molar-refractivity contribution in [1.29, 1.82) is 0 Å². The fraction of sp³-hybridized carbons (Fsp3) is 0.400. The lowest BCUT2D eigenvalue weighted by Gasteiger charge is -2.29. The molecular formula is C15H17F2N3O4S. The van der Waals surface area contributed by atoms with Gasteiger partial charge in [0.15, 0.2) is 0 Å². The van der Waals surface area contributed by atoms with E-state index >= 15 is 0 Å². The Bertz CT molecular complexity index is 672. The van der Waals surface area contributed by atoms with Crippen molar-refractivity contribution in [2.45, 2.75) is 24.2 Å². The van der Waals surface area contributed by atoms with Crippen molar-refractivity contribution in [2.24, 2.45) is 0 Å². The molecule has 25 heavy (non-hydrogen) atoms. The number of carbonyl (C=O) groups excluding carboxylic acids is 2. The van der Waals surface area contributed by atoms with Gasteiger partial charge in [0.1, 0.15) is 0 Å². The summed E-state index contributed by atoms with van der Waals surface area (Å²) < 4.78 is 25.4. The average Bonchev–Trinajstić information content (AvgIpc) is 2.54. The highest BCUT2D eigenvalue weighted by Crippen LogP contribution is 2.37. The maximum Gasteiger partial charge on any atom is 0.319 e. The van der Waals surface area contributed by atoms with E-state index in [9.17, 15) is 23.2 Å². The number of hydrogen-bond donors (Lipinski definition) is 3. The fourth-order valence-corrected chi connectivity index (χ4v) is 3.15. The first-order valence-electron chi connectivity index (χ1n) is 7.49. The molecule has 0 unspecified atom stereocenters. The molecule has 136 valence electrons. The summed E-state index contributed by atoms with van der Waals surface area (Å²) in [6.07, 6.45) is -2.42. The molecule has 1 aromatic rings. The molecule has 0 saturated heterocycles. The van der Waals surface area contributed by atoms with Gasteiger partial charge in [-0.15, -0.1) is 11.8 Å². The Labute approximate surface area is 146 Å². The Morgan fingerprint density at radius 2 is 2.12 bits per heavy atom. The second-order valence-corrected chi connectivity index (χ2v) is 6.26. The number of halogens is 2. The van der Waals surface area contributed by atoms with E-state index in [0.29, 0.717) is 22.7 Å². The minimum Gasteiger partial charge on any atom is -0.481 e. The molecule has 2 rings (SSSR count). The first-order chi connectivity index (χ1) is 11.9. The number of carboxylic acids is 1. The highest BCUT2D eigenvalue weighted by Gasteiger charge is 2.27. The first-order valence-corrected chi connectivity index (χ1v) is 8.47. The van der Waals surface area contributed by atoms with Gasteiger partial charge in [-0.25, -0.2) is 13.6 Å². The Morgan fingerprint density at radius 1 is 1.36 bits per heavy atom. The number of nitrogens with one attached hydrogen (secondary N) is 2. The molecule has 0 spiro atoms. The molecule has 3 N–H and O–H groups in total. The number of hydrogen-bond acceptors (Lipinski definition) is 4. The summed E-state index contributed by atoms with van der Waals surface area (Å²) in [6.45, 7) is -0.508. The smallest absolute Gasteiger partial charge is 0.319 e. The summed E-state index contributed by atoms with van der Waals surface area (Å²) in [5.41, 5.74) is 0.689. The number of carbonyl (C=O) groups is 3. The summed E-state index contributed by atoms with van der Waals surface area (Å²) in [4.78, 5) is 35.8. The molecule has 0 bridgehead atoms. The number of benzene rings is 1. The minimum atomic E-state index is -2.66. The standard InChI is InChI=1S/C15H17F2N3O4S/c16-12(17)7-20-10-6-9(3-4-11(10)25-8-13(20)21)19-15(24)18-5-1-2-14(22)23/h3-4,6,12H,1-2,5,7-8H2,(H,22,23)(H2,18,19,24). The summed E-state index contributed by atoms with van der Waals surface area (Å²) >= 11 is 1.25. The predicted molar refractivity (Wildman–Crippen MR) is 89.4 cm³/mol. The van der Waals surface area contributed by atoms with Crippen LogP contribution in [0.5, 0.6) is 0 Å². The lowest BCUT2D eigenvalue weighted by molar-refractivity contribution is -0.137. The molecule has 0 aromatic heterocycles. The van der Waals surface area contributed by atoms with Crippen LogP contribution in [0.1, 0.15) is 12.8 Å². The van der Waals surface area contributed by atoms with E-state index in [2.05, 4.69) is 10.6 Å². The molecule has 1 heterocycles. The van der Waals surface area contributed by atoms with Gasteiger partial charge in [-0.2, -0.15) is 0 Å². The number of aliphatic carboxylic acids is 1. The molecule has 0 aliphatic carbocycles. The van der Waals surface area contributed by atoms with E-state index in [-0.39, 0.29) is 18.7 Å². The molecule has 1 aliphatic rings. The maximum absolute atomic E-state index is 12.7. The highest BCUT2D eigenvalue weighted by molar-refractivity contribution is 8.00. The second kappa shape index (κ2) is 8.65. The van der Waals surface area contributed by atoms with E-state index in [4.69, 9.17) is 5.11 Å². The fourth-order valence-electron chi connectivity index (χ4n) is 2.23. The SMILES string of the molecule is O=C(O)CCCNC(=O)Nc1ccc2c(c1)N(CC(F)F)C(=O)CS2. The van der Waals surface area contributed by atoms with Crippen molar-refractivity contribution in [1.82, 2.24) is 5.32 Å². The molecule has 0 saturated carbocycles. The zero-order valence-electron chi connectivity index (χ0n) is 13.1. The van der Waals surface area contributed by atoms with Crippen molar-refractivity contribution in [3.05, 3.63) is 18.2 Å². The van der Waals surface area contributed by atoms with Crippen LogP contribution < -0.4 is 15.5 Å². The van der Waals surface area contributed by atoms with Crippen LogP contribution in [0.3, 0.4) is 0 Å². The van der Waals surface area contributed by atoms with Gasteiger partial charge in [-0.3, -0.25) is 9.59 Å². The average molecular weight is 373 g/mol. The summed E-state index contributed by atoms with van der Waals surface area (Å²) in [6, 6.07) is 4.20. The number of carboxylic acid groups (broad SMARTS) is 1. The number of anilines is 2. The largest absolute Gasteiger partial charge is 0.481 e. The third-order valence-electron chi connectivity index (χ3n) is 3.33. The van der Waals surface area contributed by atoms with Crippen LogP contribution in [0.4, 0.5) is 25.0 Å². The third-order valence-corrected chi connectivity index (χ3v) is 4.38. The van der Waals surface area contributed by atoms with Crippen LogP contribution in [0, 0.1) is 0 Å². The normalized spacial score (nSPS) is 13.6. The topological polar surface area (TPSA) is 98.7 Å². The third kappa shape index (κ3) is 5.59. The number of nitrogens with zero attached hydrogens (tertiary/aromatic N) is 1. The molecule has 7 nitrogen and oxygen atoms in total. The van der Waals surface area contributed by atoms with Crippen molar-refractivity contribution < 1.29 is 28.3 Å². The van der Waals surface area contributed by atoms with Crippen molar-refractivity contribution in [2.75, 3.05) is 29.1 Å². The van der Waals surface area contributed by atoms with Crippen LogP contribution in [-0.2, 0) is 9.59 Å². The van der Waals surface area contributed by atoms with Crippen molar-refractivity contribution >= 4 is 41.0 Å². The number of amides is 3. The molecular weight excluding hydrogens is 356 g/mol. The van der Waals surface area contributed by atoms with Crippen molar-refractivity contribution in [3.63, 3.8) is 0 Å². The van der Waals surface area contributed by atoms with Crippen LogP contribution in [-0.4, -0.2) is 48.3 Å². The zero-order chi connectivity index (χ0) is 18.4. The Morgan fingerprint density at radius 3 is 2.80 bits per heavy atom. The molecule has 10 heteroatoms. The van der Waals surface area contributed by atoms with Gasteiger partial charge >= 0.3 is 12.0 Å². The number of thioether (sulfide) groups is 1. The van der Waals surface area contributed by atoms with Gasteiger partial charge in [0.2, 0.25) is 5.91 Å². The lowest BCUT2D eigenvalue weighted by atomic mass is 10.2. The van der Waals surface area contributed by atoms with Crippen LogP contribution in [0.25, 0.3) is 0 Å². The van der Waals surface area contributed by atoms with Crippen LogP contribution in [0.2, 0.25) is 0 Å². The summed E-state index contributed by atoms with van der Waals surface area (Å²) in [5, 5.41) is 13.6. The summed E-state index contributed by atoms with van der Waals surface area (Å²) in [7, 11) is 0. The number of urea groups is 1. The quantitative estimate of drug-likeness (QED) is 0.638. The Kier molecular flexibility index (Phi) is 6.57. The molecule has 0 atom stereocenters. The Balaban J connectivity index is 2.01. The van der Waals surface area contributed by atoms with E-state index < -0.39 is 30.9 Å². The predicted octanol–water partition coefficient (Wildman–Crippen LogP) is 2.38. The van der Waals surface area contributed by atoms with E-state index in [0.717, 1.165) is 4.90 Å². The first kappa shape index (κ1) is 19.0. The highest BCUT2D eigenvalue weighted by atomic mass is 32.2. The second-order valence-electron chi connectivity index (χ2n) is 5.24. The van der Waals surface area contributed by atoms with Crippen LogP contribution in [0.15, 0.2) is 23.1 Å². The van der Waals surface area contributed by atoms with E-state index in [1.165, 1.54) is 17.8 Å². The number of rotatable bonds is 7. The minimum absolute atomic E-state index is 0.0545. The van der Waals surface area contributed by atoms with Crippen molar-refractivity contribution in [3.8, 4) is 0 Å². The molecule has 3 amide bonds. The number of alkyl halides is 2. The van der Waals surface area contributed by atoms with Gasteiger partial charge in [0.25, 0.3) is 6.43 Å². The molecule has 1 aliphatic heterocycles. The number of fused-ring (bicyclic) bond motifs is 1. The lowest BCUT2D eigenvalue weighted by Crippen LogP contribution is -2.39. The molecule has 0 radical (unpaired) electrons. The van der Waals surface area contributed by atoms with Gasteiger partial charge in [-0.1, -0.05) is 0 Å². The molecule has 0 fully saturated rings. The monoisotopic (exact) mass is 373 g/mol. The van der Waals surface area contributed by atoms with E-state index in [1.54, 1.807) is 12.1 Å². The van der Waals surface area contributed by atoms with Gasteiger partial charge in [0, 0.05) is 23.5 Å². The van der Waals surface area contributed by atoms with Gasteiger partial charge < -0.3 is 20.6 Å². The van der Waals surface area contributed by atoms with Crippen LogP contribution >= 0.6 is 11.8 Å². The van der Waals surface area contributed by atoms with E-state index in [1.807, 2.05) is 0 Å². The zero-order valence-corrected chi connectivity index (χ0v) is 13.9. The summed E-state index contributed by atoms with van der Waals surface area (Å²) in [5.74, 6) is -1.26. The molecule has 1 aromatic carbocycles. The van der Waals surface area contributed by atoms with Gasteiger partial charge in [-0.05, 0) is 24.6 Å². The Hall–Kier alpha value is -2.36.